The lowest BCUT2D eigenvalue weighted by Gasteiger charge is -2.29. The second-order valence-electron chi connectivity index (χ2n) is 8.09. The number of nitrogens with zero attached hydrogens (tertiary/aromatic N) is 2. The Bertz CT molecular complexity index is 1400. The quantitative estimate of drug-likeness (QED) is 0.391. The van der Waals surface area contributed by atoms with Crippen molar-refractivity contribution in [1.82, 2.24) is 4.98 Å². The highest BCUT2D eigenvalue weighted by Crippen LogP contribution is 2.30. The Hall–Kier alpha value is -4.50. The molecule has 2 N–H and O–H groups in total. The molecule has 3 amide bonds. The summed E-state index contributed by atoms with van der Waals surface area (Å²) in [6.07, 6.45) is 0.127. The van der Waals surface area contributed by atoms with Crippen LogP contribution in [0.5, 0.6) is 5.75 Å². The molecule has 5 rings (SSSR count). The van der Waals surface area contributed by atoms with Gasteiger partial charge in [-0.1, -0.05) is 30.3 Å². The largest absolute Gasteiger partial charge is 0.486 e. The molecule has 0 atom stereocenters. The Kier molecular flexibility index (Phi) is 6.72. The lowest BCUT2D eigenvalue weighted by atomic mass is 10.1. The molecular formula is C27H22N4O4S. The van der Waals surface area contributed by atoms with Crippen molar-refractivity contribution in [2.75, 3.05) is 22.1 Å². The Morgan fingerprint density at radius 2 is 1.75 bits per heavy atom. The molecule has 4 aromatic rings. The van der Waals surface area contributed by atoms with Crippen molar-refractivity contribution in [3.63, 3.8) is 0 Å². The summed E-state index contributed by atoms with van der Waals surface area (Å²) in [5.41, 5.74) is 2.90. The lowest BCUT2D eigenvalue weighted by molar-refractivity contribution is -0.116. The minimum absolute atomic E-state index is 0.0552. The van der Waals surface area contributed by atoms with Gasteiger partial charge in [0, 0.05) is 16.6 Å². The van der Waals surface area contributed by atoms with Gasteiger partial charge in [-0.25, -0.2) is 4.98 Å². The number of carbonyl (C=O) groups is 3. The van der Waals surface area contributed by atoms with Gasteiger partial charge < -0.3 is 15.4 Å². The molecule has 0 spiro atoms. The highest BCUT2D eigenvalue weighted by molar-refractivity contribution is 7.09. The number of nitrogens with one attached hydrogen (secondary N) is 2. The summed E-state index contributed by atoms with van der Waals surface area (Å²) in [6, 6.07) is 23.3. The summed E-state index contributed by atoms with van der Waals surface area (Å²) in [6.45, 7) is 0.287. The summed E-state index contributed by atoms with van der Waals surface area (Å²) >= 11 is 1.44. The van der Waals surface area contributed by atoms with Crippen LogP contribution in [0.3, 0.4) is 0 Å². The van der Waals surface area contributed by atoms with Crippen LogP contribution in [0.15, 0.2) is 84.2 Å². The van der Waals surface area contributed by atoms with Crippen LogP contribution in [0, 0.1) is 0 Å². The Morgan fingerprint density at radius 3 is 2.56 bits per heavy atom. The molecule has 1 aliphatic rings. The molecule has 0 saturated carbocycles. The summed E-state index contributed by atoms with van der Waals surface area (Å²) in [5.74, 6) is 0.0175. The van der Waals surface area contributed by atoms with E-state index >= 15 is 0 Å². The number of rotatable bonds is 7. The number of carbonyl (C=O) groups excluding carboxylic acids is 3. The number of anilines is 3. The van der Waals surface area contributed by atoms with Gasteiger partial charge in [-0.05, 0) is 48.5 Å². The normalized spacial score (nSPS) is 12.4. The second kappa shape index (κ2) is 10.4. The first-order valence-corrected chi connectivity index (χ1v) is 12.1. The van der Waals surface area contributed by atoms with Gasteiger partial charge in [0.05, 0.1) is 23.5 Å². The first-order valence-electron chi connectivity index (χ1n) is 11.3. The molecule has 8 nitrogen and oxygen atoms in total. The van der Waals surface area contributed by atoms with Crippen LogP contribution in [0.25, 0.3) is 0 Å². The standard InChI is InChI=1S/C27H22N4O4S/c32-24(14-20-17-36-26(29-20)16-35-21-6-2-1-3-7-21)28-19-12-10-18(11-13-19)27(34)31-15-25(33)30-22-8-4-5-9-23(22)31/h1-13,17H,14-16H2,(H,28,32)(H,30,33). The van der Waals surface area contributed by atoms with Crippen LogP contribution in [-0.2, 0) is 22.6 Å². The third kappa shape index (κ3) is 5.42. The van der Waals surface area contributed by atoms with Crippen LogP contribution >= 0.6 is 11.3 Å². The summed E-state index contributed by atoms with van der Waals surface area (Å²) in [7, 11) is 0. The molecule has 0 saturated heterocycles. The maximum absolute atomic E-state index is 13.1. The summed E-state index contributed by atoms with van der Waals surface area (Å²) < 4.78 is 5.70. The van der Waals surface area contributed by atoms with Crippen molar-refractivity contribution < 1.29 is 19.1 Å². The molecule has 36 heavy (non-hydrogen) atoms. The van der Waals surface area contributed by atoms with E-state index in [0.717, 1.165) is 10.8 Å². The van der Waals surface area contributed by atoms with Gasteiger partial charge in [0.15, 0.2) is 0 Å². The molecule has 180 valence electrons. The van der Waals surface area contributed by atoms with Gasteiger partial charge in [-0.15, -0.1) is 11.3 Å². The van der Waals surface area contributed by atoms with E-state index in [0.29, 0.717) is 34.9 Å². The van der Waals surface area contributed by atoms with Crippen LogP contribution in [0.4, 0.5) is 17.1 Å². The number of hydrogen-bond acceptors (Lipinski definition) is 6. The van der Waals surface area contributed by atoms with Crippen LogP contribution in [0.2, 0.25) is 0 Å². The molecule has 1 aromatic heterocycles. The van der Waals surface area contributed by atoms with Crippen LogP contribution in [-0.4, -0.2) is 29.3 Å². The molecule has 0 unspecified atom stereocenters. The number of hydrogen-bond donors (Lipinski definition) is 2. The van der Waals surface area contributed by atoms with Crippen molar-refractivity contribution in [2.45, 2.75) is 13.0 Å². The smallest absolute Gasteiger partial charge is 0.258 e. The SMILES string of the molecule is O=C(Cc1csc(COc2ccccc2)n1)Nc1ccc(C(=O)N2CC(=O)Nc3ccccc32)cc1. The van der Waals surface area contributed by atoms with E-state index in [-0.39, 0.29) is 30.7 Å². The molecule has 0 fully saturated rings. The van der Waals surface area contributed by atoms with Crippen molar-refractivity contribution in [2.24, 2.45) is 0 Å². The van der Waals surface area contributed by atoms with Crippen LogP contribution in [0.1, 0.15) is 21.1 Å². The molecule has 9 heteroatoms. The minimum Gasteiger partial charge on any atom is -0.486 e. The average molecular weight is 499 g/mol. The van der Waals surface area contributed by atoms with Gasteiger partial charge in [0.1, 0.15) is 23.9 Å². The maximum Gasteiger partial charge on any atom is 0.258 e. The number of para-hydroxylation sites is 3. The first kappa shape index (κ1) is 23.3. The first-order chi connectivity index (χ1) is 17.5. The van der Waals surface area contributed by atoms with Gasteiger partial charge in [-0.3, -0.25) is 19.3 Å². The molecule has 0 radical (unpaired) electrons. The zero-order valence-electron chi connectivity index (χ0n) is 19.1. The zero-order valence-corrected chi connectivity index (χ0v) is 20.0. The fourth-order valence-electron chi connectivity index (χ4n) is 3.79. The number of fused-ring (bicyclic) bond motifs is 1. The molecule has 0 aliphatic carbocycles. The van der Waals surface area contributed by atoms with Crippen molar-refractivity contribution in [1.29, 1.82) is 0 Å². The third-order valence-electron chi connectivity index (χ3n) is 5.48. The minimum atomic E-state index is -0.289. The monoisotopic (exact) mass is 498 g/mol. The summed E-state index contributed by atoms with van der Waals surface area (Å²) in [4.78, 5) is 43.5. The number of benzene rings is 3. The topological polar surface area (TPSA) is 101 Å². The predicted octanol–water partition coefficient (Wildman–Crippen LogP) is 4.50. The van der Waals surface area contributed by atoms with Gasteiger partial charge in [0.2, 0.25) is 11.8 Å². The average Bonchev–Trinajstić information content (AvgIpc) is 3.34. The van der Waals surface area contributed by atoms with E-state index in [2.05, 4.69) is 15.6 Å². The number of aromatic nitrogens is 1. The number of thiazole rings is 1. The highest BCUT2D eigenvalue weighted by atomic mass is 32.1. The maximum atomic E-state index is 13.1. The van der Waals surface area contributed by atoms with Crippen LogP contribution < -0.4 is 20.3 Å². The van der Waals surface area contributed by atoms with Crippen molar-refractivity contribution in [3.05, 3.63) is 101 Å². The molecule has 0 bridgehead atoms. The summed E-state index contributed by atoms with van der Waals surface area (Å²) in [5, 5.41) is 8.24. The van der Waals surface area contributed by atoms with E-state index in [1.807, 2.05) is 41.8 Å². The zero-order chi connectivity index (χ0) is 24.9. The number of amides is 3. The van der Waals surface area contributed by atoms with Gasteiger partial charge in [-0.2, -0.15) is 0 Å². The Morgan fingerprint density at radius 1 is 1.00 bits per heavy atom. The second-order valence-corrected chi connectivity index (χ2v) is 9.04. The van der Waals surface area contributed by atoms with Crippen molar-refractivity contribution in [3.8, 4) is 5.75 Å². The number of ether oxygens (including phenoxy) is 1. The fourth-order valence-corrected chi connectivity index (χ4v) is 4.50. The Labute approximate surface area is 211 Å². The molecule has 1 aliphatic heterocycles. The molecule has 3 aromatic carbocycles. The van der Waals surface area contributed by atoms with E-state index in [4.69, 9.17) is 4.74 Å². The third-order valence-corrected chi connectivity index (χ3v) is 6.35. The highest BCUT2D eigenvalue weighted by Gasteiger charge is 2.27. The van der Waals surface area contributed by atoms with Gasteiger partial charge >= 0.3 is 0 Å². The predicted molar refractivity (Wildman–Crippen MR) is 138 cm³/mol. The Balaban J connectivity index is 1.17. The fraction of sp³-hybridized carbons (Fsp3) is 0.111. The lowest BCUT2D eigenvalue weighted by Crippen LogP contribution is -2.42. The van der Waals surface area contributed by atoms with Gasteiger partial charge in [0.25, 0.3) is 5.91 Å². The van der Waals surface area contributed by atoms with E-state index in [9.17, 15) is 14.4 Å². The van der Waals surface area contributed by atoms with E-state index in [1.54, 1.807) is 42.5 Å². The molecular weight excluding hydrogens is 476 g/mol. The van der Waals surface area contributed by atoms with Crippen molar-refractivity contribution >= 4 is 46.1 Å². The molecule has 2 heterocycles. The van der Waals surface area contributed by atoms with E-state index < -0.39 is 0 Å². The van der Waals surface area contributed by atoms with E-state index in [1.165, 1.54) is 16.2 Å².